The van der Waals surface area contributed by atoms with E-state index in [1.165, 1.54) is 20.1 Å². The number of anilines is 1. The van der Waals surface area contributed by atoms with Crippen molar-refractivity contribution in [3.8, 4) is 0 Å². The predicted octanol–water partition coefficient (Wildman–Crippen LogP) is 1.52. The number of methoxy groups -OCH3 is 1. The normalized spacial score (nSPS) is 11.5. The number of amides is 1. The average Bonchev–Trinajstić information content (AvgIpc) is 2.37. The van der Waals surface area contributed by atoms with Gasteiger partial charge in [-0.2, -0.15) is 0 Å². The zero-order valence-corrected chi connectivity index (χ0v) is 10.7. The maximum atomic E-state index is 11.7. The molecule has 102 valence electrons. The highest BCUT2D eigenvalue weighted by molar-refractivity contribution is 5.96. The number of carbonyl (C=O) groups is 3. The van der Waals surface area contributed by atoms with Gasteiger partial charge < -0.3 is 15.2 Å². The second kappa shape index (κ2) is 6.53. The van der Waals surface area contributed by atoms with Gasteiger partial charge in [0.2, 0.25) is 5.91 Å². The second-order valence-electron chi connectivity index (χ2n) is 4.06. The van der Waals surface area contributed by atoms with E-state index in [1.807, 2.05) is 0 Å². The van der Waals surface area contributed by atoms with Crippen LogP contribution in [0.3, 0.4) is 0 Å². The molecule has 0 saturated heterocycles. The van der Waals surface area contributed by atoms with Gasteiger partial charge in [0.25, 0.3) is 0 Å². The minimum atomic E-state index is -1.04. The van der Waals surface area contributed by atoms with Crippen molar-refractivity contribution in [3.63, 3.8) is 0 Å². The number of hydrogen-bond acceptors (Lipinski definition) is 4. The van der Waals surface area contributed by atoms with Gasteiger partial charge in [-0.15, -0.1) is 0 Å². The van der Waals surface area contributed by atoms with Crippen LogP contribution in [0.15, 0.2) is 24.3 Å². The standard InChI is InChI=1S/C13H15NO5/c1-8(6-11(15)16)12(17)14-10-5-3-4-9(7-10)13(18)19-2/h3-5,7-8H,6H2,1-2H3,(H,14,17)(H,15,16). The Balaban J connectivity index is 2.74. The van der Waals surface area contributed by atoms with E-state index in [4.69, 9.17) is 5.11 Å². The summed E-state index contributed by atoms with van der Waals surface area (Å²) in [7, 11) is 1.27. The lowest BCUT2D eigenvalue weighted by Gasteiger charge is -2.10. The van der Waals surface area contributed by atoms with E-state index >= 15 is 0 Å². The number of nitrogens with one attached hydrogen (secondary N) is 1. The van der Waals surface area contributed by atoms with Gasteiger partial charge in [0.05, 0.1) is 19.1 Å². The van der Waals surface area contributed by atoms with Crippen LogP contribution < -0.4 is 5.32 Å². The first kappa shape index (κ1) is 14.7. The fraction of sp³-hybridized carbons (Fsp3) is 0.308. The zero-order valence-electron chi connectivity index (χ0n) is 10.7. The molecular formula is C13H15NO5. The van der Waals surface area contributed by atoms with Crippen molar-refractivity contribution in [2.75, 3.05) is 12.4 Å². The van der Waals surface area contributed by atoms with Gasteiger partial charge in [0.1, 0.15) is 0 Å². The molecule has 19 heavy (non-hydrogen) atoms. The van der Waals surface area contributed by atoms with Gasteiger partial charge in [-0.1, -0.05) is 13.0 Å². The van der Waals surface area contributed by atoms with E-state index in [0.29, 0.717) is 11.3 Å². The molecule has 0 spiro atoms. The first-order valence-corrected chi connectivity index (χ1v) is 5.65. The lowest BCUT2D eigenvalue weighted by atomic mass is 10.1. The van der Waals surface area contributed by atoms with Crippen molar-refractivity contribution >= 4 is 23.5 Å². The summed E-state index contributed by atoms with van der Waals surface area (Å²) >= 11 is 0. The lowest BCUT2D eigenvalue weighted by Crippen LogP contribution is -2.22. The maximum Gasteiger partial charge on any atom is 0.337 e. The summed E-state index contributed by atoms with van der Waals surface area (Å²) in [5.41, 5.74) is 0.733. The third-order valence-electron chi connectivity index (χ3n) is 2.48. The number of hydrogen-bond donors (Lipinski definition) is 2. The Morgan fingerprint density at radius 3 is 2.63 bits per heavy atom. The van der Waals surface area contributed by atoms with E-state index in [-0.39, 0.29) is 6.42 Å². The van der Waals surface area contributed by atoms with Crippen LogP contribution >= 0.6 is 0 Å². The van der Waals surface area contributed by atoms with Crippen LogP contribution in [-0.4, -0.2) is 30.1 Å². The van der Waals surface area contributed by atoms with Crippen LogP contribution in [0.2, 0.25) is 0 Å². The maximum absolute atomic E-state index is 11.7. The molecule has 1 aromatic rings. The van der Waals surface area contributed by atoms with Gasteiger partial charge in [-0.05, 0) is 18.2 Å². The van der Waals surface area contributed by atoms with E-state index in [0.717, 1.165) is 0 Å². The summed E-state index contributed by atoms with van der Waals surface area (Å²) in [4.78, 5) is 33.5. The Morgan fingerprint density at radius 1 is 1.37 bits per heavy atom. The summed E-state index contributed by atoms with van der Waals surface area (Å²) < 4.78 is 4.57. The Labute approximate surface area is 110 Å². The van der Waals surface area contributed by atoms with Crippen molar-refractivity contribution in [1.82, 2.24) is 0 Å². The van der Waals surface area contributed by atoms with Crippen molar-refractivity contribution in [2.24, 2.45) is 5.92 Å². The molecule has 0 saturated carbocycles. The largest absolute Gasteiger partial charge is 0.481 e. The molecule has 0 aliphatic rings. The zero-order chi connectivity index (χ0) is 14.4. The fourth-order valence-electron chi connectivity index (χ4n) is 1.46. The predicted molar refractivity (Wildman–Crippen MR) is 67.8 cm³/mol. The number of benzene rings is 1. The summed E-state index contributed by atoms with van der Waals surface area (Å²) in [6.45, 7) is 1.52. The van der Waals surface area contributed by atoms with Gasteiger partial charge in [-0.25, -0.2) is 4.79 Å². The number of carbonyl (C=O) groups excluding carboxylic acids is 2. The van der Waals surface area contributed by atoms with Crippen LogP contribution in [0.1, 0.15) is 23.7 Å². The van der Waals surface area contributed by atoms with Crippen LogP contribution in [-0.2, 0) is 14.3 Å². The first-order valence-electron chi connectivity index (χ1n) is 5.65. The number of carboxylic acids is 1. The second-order valence-corrected chi connectivity index (χ2v) is 4.06. The van der Waals surface area contributed by atoms with Crippen molar-refractivity contribution < 1.29 is 24.2 Å². The first-order chi connectivity index (χ1) is 8.93. The SMILES string of the molecule is COC(=O)c1cccc(NC(=O)C(C)CC(=O)O)c1. The number of rotatable bonds is 5. The number of esters is 1. The highest BCUT2D eigenvalue weighted by atomic mass is 16.5. The third kappa shape index (κ3) is 4.42. The summed E-state index contributed by atoms with van der Waals surface area (Å²) in [5, 5.41) is 11.2. The molecule has 6 heteroatoms. The molecule has 0 aliphatic heterocycles. The van der Waals surface area contributed by atoms with Gasteiger partial charge in [0.15, 0.2) is 0 Å². The summed E-state index contributed by atoms with van der Waals surface area (Å²) in [6.07, 6.45) is -0.247. The molecule has 6 nitrogen and oxygen atoms in total. The molecule has 1 atom stereocenters. The Bertz CT molecular complexity index is 498. The Kier molecular flexibility index (Phi) is 5.05. The third-order valence-corrected chi connectivity index (χ3v) is 2.48. The van der Waals surface area contributed by atoms with E-state index < -0.39 is 23.8 Å². The fourth-order valence-corrected chi connectivity index (χ4v) is 1.46. The van der Waals surface area contributed by atoms with Crippen LogP contribution in [0.25, 0.3) is 0 Å². The number of aliphatic carboxylic acids is 1. The Morgan fingerprint density at radius 2 is 2.05 bits per heavy atom. The minimum Gasteiger partial charge on any atom is -0.481 e. The molecule has 0 heterocycles. The molecular weight excluding hydrogens is 250 g/mol. The molecule has 1 unspecified atom stereocenters. The molecule has 0 aromatic heterocycles. The summed E-state index contributed by atoms with van der Waals surface area (Å²) in [5.74, 6) is -2.61. The van der Waals surface area contributed by atoms with E-state index in [9.17, 15) is 14.4 Å². The van der Waals surface area contributed by atoms with E-state index in [1.54, 1.807) is 18.2 Å². The molecule has 1 amide bonds. The van der Waals surface area contributed by atoms with Crippen LogP contribution in [0.5, 0.6) is 0 Å². The number of carboxylic acid groups (broad SMARTS) is 1. The lowest BCUT2D eigenvalue weighted by molar-refractivity contribution is -0.139. The average molecular weight is 265 g/mol. The highest BCUT2D eigenvalue weighted by Crippen LogP contribution is 2.13. The molecule has 0 radical (unpaired) electrons. The monoisotopic (exact) mass is 265 g/mol. The van der Waals surface area contributed by atoms with Gasteiger partial charge >= 0.3 is 11.9 Å². The minimum absolute atomic E-state index is 0.247. The van der Waals surface area contributed by atoms with Crippen molar-refractivity contribution in [1.29, 1.82) is 0 Å². The molecule has 2 N–H and O–H groups in total. The topological polar surface area (TPSA) is 92.7 Å². The van der Waals surface area contributed by atoms with Crippen LogP contribution in [0.4, 0.5) is 5.69 Å². The molecule has 1 aromatic carbocycles. The van der Waals surface area contributed by atoms with Crippen molar-refractivity contribution in [3.05, 3.63) is 29.8 Å². The van der Waals surface area contributed by atoms with Crippen molar-refractivity contribution in [2.45, 2.75) is 13.3 Å². The smallest absolute Gasteiger partial charge is 0.337 e. The highest BCUT2D eigenvalue weighted by Gasteiger charge is 2.17. The quantitative estimate of drug-likeness (QED) is 0.787. The van der Waals surface area contributed by atoms with E-state index in [2.05, 4.69) is 10.1 Å². The summed E-state index contributed by atoms with van der Waals surface area (Å²) in [6, 6.07) is 6.24. The molecule has 1 rings (SSSR count). The molecule has 0 bridgehead atoms. The molecule has 0 fully saturated rings. The Hall–Kier alpha value is -2.37. The van der Waals surface area contributed by atoms with Gasteiger partial charge in [0, 0.05) is 11.6 Å². The number of ether oxygens (including phenoxy) is 1. The van der Waals surface area contributed by atoms with Crippen LogP contribution in [0, 0.1) is 5.92 Å². The molecule has 0 aliphatic carbocycles. The van der Waals surface area contributed by atoms with Gasteiger partial charge in [-0.3, -0.25) is 9.59 Å².